The van der Waals surface area contributed by atoms with Crippen molar-refractivity contribution in [3.8, 4) is 0 Å². The predicted molar refractivity (Wildman–Crippen MR) is 90.6 cm³/mol. The summed E-state index contributed by atoms with van der Waals surface area (Å²) in [4.78, 5) is 18.5. The van der Waals surface area contributed by atoms with E-state index >= 15 is 0 Å². The average Bonchev–Trinajstić information content (AvgIpc) is 3.08. The Morgan fingerprint density at radius 1 is 1.41 bits per heavy atom. The van der Waals surface area contributed by atoms with Crippen LogP contribution in [0.15, 0.2) is 28.4 Å². The van der Waals surface area contributed by atoms with Crippen LogP contribution in [0, 0.1) is 12.8 Å². The molecule has 0 aromatic carbocycles. The molecule has 0 spiro atoms. The largest absolute Gasteiger partial charge is 0.303 e. The molecule has 1 N–H and O–H groups in total. The fraction of sp³-hybridized carbons (Fsp3) is 0.400. The second-order valence-corrected chi connectivity index (χ2v) is 7.66. The number of thiophene rings is 1. The molecule has 0 saturated carbocycles. The highest BCUT2D eigenvalue weighted by Gasteiger charge is 2.17. The van der Waals surface area contributed by atoms with Gasteiger partial charge in [-0.3, -0.25) is 4.79 Å². The SMILES string of the molecule is Cc1nn2c(=O)cc(CNC(c3cccs3)C(C)C)nc2s1. The molecule has 0 fully saturated rings. The molecule has 3 rings (SSSR count). The summed E-state index contributed by atoms with van der Waals surface area (Å²) < 4.78 is 1.36. The van der Waals surface area contributed by atoms with Crippen LogP contribution >= 0.6 is 22.7 Å². The van der Waals surface area contributed by atoms with Gasteiger partial charge >= 0.3 is 0 Å². The van der Waals surface area contributed by atoms with Gasteiger partial charge < -0.3 is 5.32 Å². The topological polar surface area (TPSA) is 59.3 Å². The maximum Gasteiger partial charge on any atom is 0.275 e. The molecule has 0 radical (unpaired) electrons. The fourth-order valence-electron chi connectivity index (χ4n) is 2.39. The molecule has 0 bridgehead atoms. The zero-order chi connectivity index (χ0) is 15.7. The lowest BCUT2D eigenvalue weighted by Crippen LogP contribution is -2.26. The summed E-state index contributed by atoms with van der Waals surface area (Å²) in [7, 11) is 0. The average molecular weight is 334 g/mol. The van der Waals surface area contributed by atoms with Crippen LogP contribution in [0.4, 0.5) is 0 Å². The number of hydrogen-bond donors (Lipinski definition) is 1. The van der Waals surface area contributed by atoms with E-state index in [1.165, 1.54) is 20.7 Å². The van der Waals surface area contributed by atoms with Gasteiger partial charge in [0.15, 0.2) is 0 Å². The first-order chi connectivity index (χ1) is 10.5. The highest BCUT2D eigenvalue weighted by molar-refractivity contribution is 7.16. The maximum atomic E-state index is 12.1. The highest BCUT2D eigenvalue weighted by atomic mass is 32.1. The molecule has 3 heterocycles. The van der Waals surface area contributed by atoms with Crippen molar-refractivity contribution < 1.29 is 0 Å². The van der Waals surface area contributed by atoms with Crippen LogP contribution in [0.2, 0.25) is 0 Å². The van der Waals surface area contributed by atoms with Crippen LogP contribution < -0.4 is 10.9 Å². The third kappa shape index (κ3) is 3.11. The molecule has 0 saturated heterocycles. The quantitative estimate of drug-likeness (QED) is 0.779. The third-order valence-electron chi connectivity index (χ3n) is 3.42. The molecule has 3 aromatic heterocycles. The summed E-state index contributed by atoms with van der Waals surface area (Å²) in [6.07, 6.45) is 0. The molecule has 0 aliphatic carbocycles. The van der Waals surface area contributed by atoms with E-state index in [0.717, 1.165) is 10.7 Å². The Hall–Kier alpha value is -1.57. The molecule has 0 amide bonds. The Bertz CT molecular complexity index is 820. The van der Waals surface area contributed by atoms with E-state index in [9.17, 15) is 4.79 Å². The Morgan fingerprint density at radius 3 is 2.91 bits per heavy atom. The van der Waals surface area contributed by atoms with Crippen LogP contribution in [0.5, 0.6) is 0 Å². The molecule has 0 aliphatic rings. The van der Waals surface area contributed by atoms with Crippen LogP contribution in [0.1, 0.15) is 35.5 Å². The summed E-state index contributed by atoms with van der Waals surface area (Å²) in [6.45, 7) is 6.83. The van der Waals surface area contributed by atoms with Crippen LogP contribution in [-0.4, -0.2) is 14.6 Å². The number of aryl methyl sites for hydroxylation is 1. The van der Waals surface area contributed by atoms with Crippen molar-refractivity contribution in [3.63, 3.8) is 0 Å². The lowest BCUT2D eigenvalue weighted by Gasteiger charge is -2.21. The highest BCUT2D eigenvalue weighted by Crippen LogP contribution is 2.26. The number of hydrogen-bond acceptors (Lipinski definition) is 6. The van der Waals surface area contributed by atoms with Crippen LogP contribution in [0.3, 0.4) is 0 Å². The van der Waals surface area contributed by atoms with Crippen molar-refractivity contribution in [2.45, 2.75) is 33.4 Å². The number of rotatable bonds is 5. The molecule has 3 aromatic rings. The Labute approximate surface area is 136 Å². The summed E-state index contributed by atoms with van der Waals surface area (Å²) in [5, 5.41) is 10.6. The normalized spacial score (nSPS) is 13.1. The molecule has 5 nitrogen and oxygen atoms in total. The van der Waals surface area contributed by atoms with E-state index in [1.54, 1.807) is 17.4 Å². The molecule has 0 aliphatic heterocycles. The lowest BCUT2D eigenvalue weighted by molar-refractivity contribution is 0.414. The van der Waals surface area contributed by atoms with Gasteiger partial charge in [-0.05, 0) is 24.3 Å². The second kappa shape index (κ2) is 6.28. The first kappa shape index (κ1) is 15.3. The monoisotopic (exact) mass is 334 g/mol. The van der Waals surface area contributed by atoms with Crippen molar-refractivity contribution in [1.82, 2.24) is 19.9 Å². The molecule has 116 valence electrons. The summed E-state index contributed by atoms with van der Waals surface area (Å²) in [5.74, 6) is 0.467. The Kier molecular flexibility index (Phi) is 4.37. The van der Waals surface area contributed by atoms with Gasteiger partial charge in [-0.2, -0.15) is 9.61 Å². The van der Waals surface area contributed by atoms with E-state index < -0.39 is 0 Å². The molecule has 22 heavy (non-hydrogen) atoms. The zero-order valence-electron chi connectivity index (χ0n) is 12.7. The van der Waals surface area contributed by atoms with Gasteiger partial charge in [0, 0.05) is 23.5 Å². The van der Waals surface area contributed by atoms with Crippen molar-refractivity contribution in [3.05, 3.63) is 49.5 Å². The molecule has 7 heteroatoms. The van der Waals surface area contributed by atoms with E-state index in [2.05, 4.69) is 46.8 Å². The summed E-state index contributed by atoms with van der Waals surface area (Å²) in [5.41, 5.74) is 0.638. The van der Waals surface area contributed by atoms with Gasteiger partial charge in [-0.15, -0.1) is 11.3 Å². The lowest BCUT2D eigenvalue weighted by atomic mass is 10.0. The second-order valence-electron chi connectivity index (χ2n) is 5.52. The predicted octanol–water partition coefficient (Wildman–Crippen LogP) is 3.01. The van der Waals surface area contributed by atoms with E-state index in [1.807, 2.05) is 6.92 Å². The minimum atomic E-state index is -0.122. The smallest absolute Gasteiger partial charge is 0.275 e. The van der Waals surface area contributed by atoms with E-state index in [-0.39, 0.29) is 11.6 Å². The van der Waals surface area contributed by atoms with Gasteiger partial charge in [0.25, 0.3) is 5.56 Å². The standard InChI is InChI=1S/C15H18N4OS2/c1-9(2)14(12-5-4-6-21-12)16-8-11-7-13(20)19-15(17-11)22-10(3)18-19/h4-7,9,14,16H,8H2,1-3H3. The Morgan fingerprint density at radius 2 is 2.23 bits per heavy atom. The first-order valence-electron chi connectivity index (χ1n) is 7.18. The number of aromatic nitrogens is 3. The molecular formula is C15H18N4OS2. The third-order valence-corrected chi connectivity index (χ3v) is 5.20. The number of nitrogens with zero attached hydrogens (tertiary/aromatic N) is 3. The molecule has 1 unspecified atom stereocenters. The summed E-state index contributed by atoms with van der Waals surface area (Å²) in [6, 6.07) is 6.03. The first-order valence-corrected chi connectivity index (χ1v) is 8.87. The van der Waals surface area contributed by atoms with E-state index in [0.29, 0.717) is 17.4 Å². The van der Waals surface area contributed by atoms with Gasteiger partial charge in [0.1, 0.15) is 5.01 Å². The van der Waals surface area contributed by atoms with Crippen LogP contribution in [-0.2, 0) is 6.54 Å². The van der Waals surface area contributed by atoms with Crippen molar-refractivity contribution >= 4 is 27.6 Å². The van der Waals surface area contributed by atoms with Gasteiger partial charge in [0.05, 0.1) is 5.69 Å². The summed E-state index contributed by atoms with van der Waals surface area (Å²) >= 11 is 3.18. The zero-order valence-corrected chi connectivity index (χ0v) is 14.4. The molecule has 1 atom stereocenters. The van der Waals surface area contributed by atoms with Crippen molar-refractivity contribution in [1.29, 1.82) is 0 Å². The minimum absolute atomic E-state index is 0.122. The van der Waals surface area contributed by atoms with Crippen LogP contribution in [0.25, 0.3) is 4.96 Å². The minimum Gasteiger partial charge on any atom is -0.303 e. The van der Waals surface area contributed by atoms with Gasteiger partial charge in [-0.25, -0.2) is 4.98 Å². The Balaban J connectivity index is 1.82. The van der Waals surface area contributed by atoms with Gasteiger partial charge in [0.2, 0.25) is 4.96 Å². The van der Waals surface area contributed by atoms with Crippen molar-refractivity contribution in [2.24, 2.45) is 5.92 Å². The number of fused-ring (bicyclic) bond motifs is 1. The van der Waals surface area contributed by atoms with E-state index in [4.69, 9.17) is 0 Å². The van der Waals surface area contributed by atoms with Crippen molar-refractivity contribution in [2.75, 3.05) is 0 Å². The molecular weight excluding hydrogens is 316 g/mol. The number of nitrogens with one attached hydrogen (secondary N) is 1. The fourth-order valence-corrected chi connectivity index (χ4v) is 4.13. The van der Waals surface area contributed by atoms with Gasteiger partial charge in [-0.1, -0.05) is 31.3 Å². The maximum absolute atomic E-state index is 12.1.